The van der Waals surface area contributed by atoms with Gasteiger partial charge in [-0.05, 0) is 43.5 Å². The van der Waals surface area contributed by atoms with Gasteiger partial charge in [-0.25, -0.2) is 0 Å². The number of aliphatic imine (C=N–C) groups is 1. The van der Waals surface area contributed by atoms with Gasteiger partial charge in [-0.3, -0.25) is 4.98 Å². The zero-order valence-electron chi connectivity index (χ0n) is 11.5. The molecular weight excluding hydrogens is 316 g/mol. The first-order valence-corrected chi connectivity index (χ1v) is 7.24. The van der Waals surface area contributed by atoms with Crippen LogP contribution in [0.1, 0.15) is 17.0 Å². The molecule has 20 heavy (non-hydrogen) atoms. The zero-order valence-corrected chi connectivity index (χ0v) is 13.1. The summed E-state index contributed by atoms with van der Waals surface area (Å²) in [7, 11) is 0. The van der Waals surface area contributed by atoms with E-state index in [9.17, 15) is 0 Å². The Hall–Kier alpha value is -1.68. The van der Waals surface area contributed by atoms with E-state index in [1.54, 1.807) is 0 Å². The Labute approximate surface area is 127 Å². The summed E-state index contributed by atoms with van der Waals surface area (Å²) in [5.74, 6) is 0.821. The quantitative estimate of drug-likeness (QED) is 0.750. The van der Waals surface area contributed by atoms with Crippen molar-refractivity contribution in [1.29, 1.82) is 0 Å². The minimum atomic E-state index is 0.534. The lowest BCUT2D eigenvalue weighted by atomic mass is 10.2. The number of benzene rings is 1. The molecule has 0 unspecified atom stereocenters. The van der Waals surface area contributed by atoms with E-state index in [-0.39, 0.29) is 0 Å². The molecule has 0 aliphatic rings. The summed E-state index contributed by atoms with van der Waals surface area (Å²) in [5.41, 5.74) is 3.05. The van der Waals surface area contributed by atoms with Crippen molar-refractivity contribution in [1.82, 2.24) is 4.98 Å². The van der Waals surface area contributed by atoms with Gasteiger partial charge < -0.3 is 9.73 Å². The fourth-order valence-electron chi connectivity index (χ4n) is 1.83. The third-order valence-corrected chi connectivity index (χ3v) is 3.41. The van der Waals surface area contributed by atoms with Crippen LogP contribution in [0.4, 0.5) is 0 Å². The van der Waals surface area contributed by atoms with Crippen molar-refractivity contribution >= 4 is 22.6 Å². The highest BCUT2D eigenvalue weighted by atomic mass is 79.9. The average molecular weight is 333 g/mol. The third-order valence-electron chi connectivity index (χ3n) is 2.89. The molecule has 1 aromatic carbocycles. The van der Waals surface area contributed by atoms with Crippen molar-refractivity contribution in [3.8, 4) is 5.75 Å². The SMILES string of the molecule is C=NCCc1nc(C)ccc1OCc1ccc(Br)cc1. The van der Waals surface area contributed by atoms with Gasteiger partial charge in [0, 0.05) is 23.1 Å². The normalized spacial score (nSPS) is 10.3. The molecule has 0 fully saturated rings. The third kappa shape index (κ3) is 4.17. The van der Waals surface area contributed by atoms with Crippen molar-refractivity contribution in [2.24, 2.45) is 4.99 Å². The van der Waals surface area contributed by atoms with Crippen LogP contribution in [-0.4, -0.2) is 18.2 Å². The van der Waals surface area contributed by atoms with Crippen LogP contribution >= 0.6 is 15.9 Å². The molecule has 0 spiro atoms. The van der Waals surface area contributed by atoms with Crippen LogP contribution in [0.15, 0.2) is 45.9 Å². The molecule has 0 saturated heterocycles. The Morgan fingerprint density at radius 2 is 1.95 bits per heavy atom. The predicted octanol–water partition coefficient (Wildman–Crippen LogP) is 3.97. The highest BCUT2D eigenvalue weighted by molar-refractivity contribution is 9.10. The average Bonchev–Trinajstić information content (AvgIpc) is 2.46. The second-order valence-corrected chi connectivity index (χ2v) is 5.43. The van der Waals surface area contributed by atoms with Crippen molar-refractivity contribution in [2.75, 3.05) is 6.54 Å². The maximum absolute atomic E-state index is 5.88. The predicted molar refractivity (Wildman–Crippen MR) is 85.6 cm³/mol. The lowest BCUT2D eigenvalue weighted by molar-refractivity contribution is 0.301. The lowest BCUT2D eigenvalue weighted by Gasteiger charge is -2.11. The molecule has 1 aromatic heterocycles. The van der Waals surface area contributed by atoms with Gasteiger partial charge in [-0.1, -0.05) is 28.1 Å². The first kappa shape index (κ1) is 14.7. The number of ether oxygens (including phenoxy) is 1. The first-order chi connectivity index (χ1) is 9.69. The molecule has 4 heteroatoms. The minimum Gasteiger partial charge on any atom is -0.487 e. The van der Waals surface area contributed by atoms with Crippen molar-refractivity contribution in [3.63, 3.8) is 0 Å². The van der Waals surface area contributed by atoms with E-state index >= 15 is 0 Å². The van der Waals surface area contributed by atoms with Crippen LogP contribution in [0.2, 0.25) is 0 Å². The molecule has 0 atom stereocenters. The number of halogens is 1. The maximum Gasteiger partial charge on any atom is 0.141 e. The van der Waals surface area contributed by atoms with Crippen molar-refractivity contribution in [3.05, 3.63) is 57.8 Å². The highest BCUT2D eigenvalue weighted by Gasteiger charge is 2.06. The smallest absolute Gasteiger partial charge is 0.141 e. The maximum atomic E-state index is 5.88. The number of aromatic nitrogens is 1. The summed E-state index contributed by atoms with van der Waals surface area (Å²) in [5, 5.41) is 0. The Balaban J connectivity index is 2.07. The standard InChI is InChI=1S/C16H17BrN2O/c1-12-3-8-16(15(19-12)9-10-18-2)20-11-13-4-6-14(17)7-5-13/h3-8H,2,9-11H2,1H3. The van der Waals surface area contributed by atoms with Crippen LogP contribution in [0, 0.1) is 6.92 Å². The molecule has 1 heterocycles. The molecule has 0 aliphatic carbocycles. The Morgan fingerprint density at radius 1 is 1.20 bits per heavy atom. The van der Waals surface area contributed by atoms with E-state index in [1.165, 1.54) is 0 Å². The van der Waals surface area contributed by atoms with E-state index in [2.05, 4.69) is 32.6 Å². The van der Waals surface area contributed by atoms with E-state index in [0.717, 1.165) is 33.6 Å². The number of hydrogen-bond acceptors (Lipinski definition) is 3. The fourth-order valence-corrected chi connectivity index (χ4v) is 2.10. The summed E-state index contributed by atoms with van der Waals surface area (Å²) >= 11 is 3.42. The summed E-state index contributed by atoms with van der Waals surface area (Å²) in [6.45, 7) is 6.67. The Bertz CT molecular complexity index is 582. The molecular formula is C16H17BrN2O. The van der Waals surface area contributed by atoms with Gasteiger partial charge in [0.2, 0.25) is 0 Å². The van der Waals surface area contributed by atoms with Crippen molar-refractivity contribution in [2.45, 2.75) is 20.0 Å². The zero-order chi connectivity index (χ0) is 14.4. The second-order valence-electron chi connectivity index (χ2n) is 4.51. The molecule has 104 valence electrons. The van der Waals surface area contributed by atoms with Gasteiger partial charge in [-0.15, -0.1) is 0 Å². The topological polar surface area (TPSA) is 34.5 Å². The van der Waals surface area contributed by atoms with Crippen LogP contribution in [-0.2, 0) is 13.0 Å². The number of aryl methyl sites for hydroxylation is 1. The van der Waals surface area contributed by atoms with Gasteiger partial charge in [-0.2, -0.15) is 0 Å². The van der Waals surface area contributed by atoms with Gasteiger partial charge >= 0.3 is 0 Å². The molecule has 3 nitrogen and oxygen atoms in total. The Kier molecular flexibility index (Phi) is 5.30. The molecule has 2 rings (SSSR count). The monoisotopic (exact) mass is 332 g/mol. The number of nitrogens with zero attached hydrogens (tertiary/aromatic N) is 2. The highest BCUT2D eigenvalue weighted by Crippen LogP contribution is 2.20. The van der Waals surface area contributed by atoms with E-state index in [4.69, 9.17) is 4.74 Å². The molecule has 0 aliphatic heterocycles. The molecule has 0 saturated carbocycles. The van der Waals surface area contributed by atoms with E-state index in [0.29, 0.717) is 13.2 Å². The second kappa shape index (κ2) is 7.20. The summed E-state index contributed by atoms with van der Waals surface area (Å²) in [6, 6.07) is 12.0. The van der Waals surface area contributed by atoms with Gasteiger partial charge in [0.1, 0.15) is 12.4 Å². The number of rotatable bonds is 6. The summed E-state index contributed by atoms with van der Waals surface area (Å²) < 4.78 is 6.94. The number of hydrogen-bond donors (Lipinski definition) is 0. The number of pyridine rings is 1. The first-order valence-electron chi connectivity index (χ1n) is 6.45. The fraction of sp³-hybridized carbons (Fsp3) is 0.250. The Morgan fingerprint density at radius 3 is 2.65 bits per heavy atom. The molecule has 0 N–H and O–H groups in total. The molecule has 0 radical (unpaired) electrons. The van der Waals surface area contributed by atoms with Crippen LogP contribution in [0.5, 0.6) is 5.75 Å². The van der Waals surface area contributed by atoms with Gasteiger partial charge in [0.25, 0.3) is 0 Å². The van der Waals surface area contributed by atoms with Crippen LogP contribution < -0.4 is 4.74 Å². The van der Waals surface area contributed by atoms with Gasteiger partial charge in [0.05, 0.1) is 5.69 Å². The van der Waals surface area contributed by atoms with E-state index in [1.807, 2.05) is 43.3 Å². The molecule has 0 bridgehead atoms. The largest absolute Gasteiger partial charge is 0.487 e. The molecule has 0 amide bonds. The van der Waals surface area contributed by atoms with E-state index < -0.39 is 0 Å². The minimum absolute atomic E-state index is 0.534. The lowest BCUT2D eigenvalue weighted by Crippen LogP contribution is -2.03. The van der Waals surface area contributed by atoms with Crippen LogP contribution in [0.3, 0.4) is 0 Å². The summed E-state index contributed by atoms with van der Waals surface area (Å²) in [6.07, 6.45) is 0.751. The van der Waals surface area contributed by atoms with Gasteiger partial charge in [0.15, 0.2) is 0 Å². The molecule has 2 aromatic rings. The summed E-state index contributed by atoms with van der Waals surface area (Å²) in [4.78, 5) is 8.40. The van der Waals surface area contributed by atoms with Crippen LogP contribution in [0.25, 0.3) is 0 Å². The van der Waals surface area contributed by atoms with Crippen molar-refractivity contribution < 1.29 is 4.74 Å².